The molecule has 1 rings (SSSR count). The number of hydrogen-bond acceptors (Lipinski definition) is 4. The number of carbonyl (C=O) groups is 1. The summed E-state index contributed by atoms with van der Waals surface area (Å²) < 4.78 is 5.38. The molecule has 0 bridgehead atoms. The average molecular weight is 289 g/mol. The third-order valence-electron chi connectivity index (χ3n) is 2.86. The molecule has 0 atom stereocenters. The van der Waals surface area contributed by atoms with Gasteiger partial charge >= 0.3 is 0 Å². The topological polar surface area (TPSA) is 65.4 Å². The minimum atomic E-state index is -0.147. The molecule has 1 N–H and O–H groups in total. The van der Waals surface area contributed by atoms with Crippen LogP contribution < -0.4 is 10.1 Å². The summed E-state index contributed by atoms with van der Waals surface area (Å²) in [6.45, 7) is 5.68. The molecule has 5 heteroatoms. The van der Waals surface area contributed by atoms with Gasteiger partial charge in [-0.2, -0.15) is 5.26 Å². The number of hydrogen-bond donors (Lipinski definition) is 1. The van der Waals surface area contributed by atoms with E-state index in [4.69, 9.17) is 10.00 Å². The number of benzene rings is 1. The van der Waals surface area contributed by atoms with Gasteiger partial charge in [0.25, 0.3) is 5.91 Å². The zero-order chi connectivity index (χ0) is 15.9. The Hall–Kier alpha value is -2.06. The van der Waals surface area contributed by atoms with Crippen LogP contribution in [0, 0.1) is 16.7 Å². The highest BCUT2D eigenvalue weighted by Gasteiger charge is 2.19. The van der Waals surface area contributed by atoms with Crippen LogP contribution >= 0.6 is 0 Å². The second-order valence-corrected chi connectivity index (χ2v) is 6.10. The van der Waals surface area contributed by atoms with Gasteiger partial charge in [-0.1, -0.05) is 13.8 Å². The molecule has 0 saturated carbocycles. The van der Waals surface area contributed by atoms with Gasteiger partial charge in [0, 0.05) is 13.1 Å². The smallest absolute Gasteiger partial charge is 0.257 e. The van der Waals surface area contributed by atoms with Crippen LogP contribution in [0.4, 0.5) is 0 Å². The first-order valence-corrected chi connectivity index (χ1v) is 6.87. The first-order chi connectivity index (χ1) is 9.82. The average Bonchev–Trinajstić information content (AvgIpc) is 2.42. The van der Waals surface area contributed by atoms with Crippen LogP contribution in [0.3, 0.4) is 0 Å². The predicted octanol–water partition coefficient (Wildman–Crippen LogP) is 1.64. The van der Waals surface area contributed by atoms with Crippen LogP contribution in [0.2, 0.25) is 0 Å². The lowest BCUT2D eigenvalue weighted by atomic mass is 9.93. The zero-order valence-corrected chi connectivity index (χ0v) is 13.1. The van der Waals surface area contributed by atoms with Crippen LogP contribution in [0.1, 0.15) is 19.4 Å². The number of nitriles is 1. The number of carbonyl (C=O) groups excluding carboxylic acids is 1. The molecule has 0 radical (unpaired) electrons. The molecule has 0 fully saturated rings. The monoisotopic (exact) mass is 289 g/mol. The van der Waals surface area contributed by atoms with Crippen molar-refractivity contribution >= 4 is 5.91 Å². The fourth-order valence-corrected chi connectivity index (χ4v) is 2.08. The molecule has 0 aromatic heterocycles. The van der Waals surface area contributed by atoms with Crippen LogP contribution in [0.5, 0.6) is 5.75 Å². The molecule has 114 valence electrons. The molecule has 0 unspecified atom stereocenters. The second-order valence-electron chi connectivity index (χ2n) is 6.10. The molecular formula is C16H23N3O2. The summed E-state index contributed by atoms with van der Waals surface area (Å²) in [7, 11) is 4.02. The van der Waals surface area contributed by atoms with Gasteiger partial charge in [-0.25, -0.2) is 0 Å². The maximum atomic E-state index is 11.8. The van der Waals surface area contributed by atoms with Crippen molar-refractivity contribution in [3.8, 4) is 11.8 Å². The van der Waals surface area contributed by atoms with E-state index >= 15 is 0 Å². The van der Waals surface area contributed by atoms with Crippen molar-refractivity contribution in [1.29, 1.82) is 5.26 Å². The Balaban J connectivity index is 2.35. The summed E-state index contributed by atoms with van der Waals surface area (Å²) in [4.78, 5) is 13.9. The van der Waals surface area contributed by atoms with Gasteiger partial charge in [0.15, 0.2) is 6.61 Å². The highest BCUT2D eigenvalue weighted by atomic mass is 16.5. The lowest BCUT2D eigenvalue weighted by molar-refractivity contribution is -0.123. The van der Waals surface area contributed by atoms with E-state index in [9.17, 15) is 4.79 Å². The Morgan fingerprint density at radius 2 is 1.95 bits per heavy atom. The van der Waals surface area contributed by atoms with Crippen molar-refractivity contribution in [3.05, 3.63) is 29.8 Å². The molecule has 0 aliphatic carbocycles. The van der Waals surface area contributed by atoms with Crippen molar-refractivity contribution in [3.63, 3.8) is 0 Å². The van der Waals surface area contributed by atoms with Gasteiger partial charge in [-0.3, -0.25) is 4.79 Å². The van der Waals surface area contributed by atoms with Gasteiger partial charge in [0.05, 0.1) is 11.6 Å². The van der Waals surface area contributed by atoms with E-state index in [2.05, 4.69) is 24.1 Å². The summed E-state index contributed by atoms with van der Waals surface area (Å²) in [5.74, 6) is 0.433. The molecule has 21 heavy (non-hydrogen) atoms. The third-order valence-corrected chi connectivity index (χ3v) is 2.86. The first kappa shape index (κ1) is 17.0. The highest BCUT2D eigenvalue weighted by Crippen LogP contribution is 2.14. The Morgan fingerprint density at radius 1 is 1.33 bits per heavy atom. The van der Waals surface area contributed by atoms with E-state index in [1.165, 1.54) is 0 Å². The van der Waals surface area contributed by atoms with Crippen LogP contribution in [-0.2, 0) is 4.79 Å². The second kappa shape index (κ2) is 7.65. The Labute approximate surface area is 126 Å². The van der Waals surface area contributed by atoms with Crippen molar-refractivity contribution in [1.82, 2.24) is 10.2 Å². The molecule has 0 spiro atoms. The van der Waals surface area contributed by atoms with E-state index in [0.29, 0.717) is 17.9 Å². The van der Waals surface area contributed by atoms with Crippen LogP contribution in [0.25, 0.3) is 0 Å². The summed E-state index contributed by atoms with van der Waals surface area (Å²) in [6.07, 6.45) is 0. The Bertz CT molecular complexity index is 501. The van der Waals surface area contributed by atoms with Crippen molar-refractivity contribution in [2.45, 2.75) is 13.8 Å². The number of ether oxygens (including phenoxy) is 1. The normalized spacial score (nSPS) is 11.0. The third kappa shape index (κ3) is 6.77. The minimum absolute atomic E-state index is 0.00754. The maximum absolute atomic E-state index is 11.8. The summed E-state index contributed by atoms with van der Waals surface area (Å²) in [5.41, 5.74) is 0.574. The van der Waals surface area contributed by atoms with Gasteiger partial charge in [0.1, 0.15) is 5.75 Å². The zero-order valence-electron chi connectivity index (χ0n) is 13.1. The van der Waals surface area contributed by atoms with Gasteiger partial charge in [-0.15, -0.1) is 0 Å². The molecular weight excluding hydrogens is 266 g/mol. The predicted molar refractivity (Wildman–Crippen MR) is 82.0 cm³/mol. The molecule has 1 amide bonds. The van der Waals surface area contributed by atoms with E-state index in [1.807, 2.05) is 20.2 Å². The lowest BCUT2D eigenvalue weighted by Crippen LogP contribution is -2.41. The standard InChI is InChI=1S/C16H23N3O2/c1-16(2,12-19(3)4)11-18-15(20)10-21-14-7-5-13(9-17)6-8-14/h5-8H,10-12H2,1-4H3,(H,18,20). The Kier molecular flexibility index (Phi) is 6.19. The number of nitrogens with zero attached hydrogens (tertiary/aromatic N) is 2. The fourth-order valence-electron chi connectivity index (χ4n) is 2.08. The number of amides is 1. The molecule has 0 aliphatic heterocycles. The highest BCUT2D eigenvalue weighted by molar-refractivity contribution is 5.77. The molecule has 0 saturated heterocycles. The molecule has 0 heterocycles. The quantitative estimate of drug-likeness (QED) is 0.829. The van der Waals surface area contributed by atoms with Crippen molar-refractivity contribution in [2.24, 2.45) is 5.41 Å². The largest absolute Gasteiger partial charge is 0.484 e. The van der Waals surface area contributed by atoms with Crippen molar-refractivity contribution < 1.29 is 9.53 Å². The molecule has 1 aromatic rings. The summed E-state index contributed by atoms with van der Waals surface area (Å²) in [5, 5.41) is 11.6. The molecule has 0 aliphatic rings. The Morgan fingerprint density at radius 3 is 2.48 bits per heavy atom. The summed E-state index contributed by atoms with van der Waals surface area (Å²) in [6, 6.07) is 8.72. The van der Waals surface area contributed by atoms with Gasteiger partial charge in [0.2, 0.25) is 0 Å². The van der Waals surface area contributed by atoms with Crippen LogP contribution in [0.15, 0.2) is 24.3 Å². The maximum Gasteiger partial charge on any atom is 0.257 e. The van der Waals surface area contributed by atoms with E-state index in [1.54, 1.807) is 24.3 Å². The van der Waals surface area contributed by atoms with E-state index in [-0.39, 0.29) is 17.9 Å². The van der Waals surface area contributed by atoms with Crippen molar-refractivity contribution in [2.75, 3.05) is 33.8 Å². The molecule has 5 nitrogen and oxygen atoms in total. The SMILES string of the molecule is CN(C)CC(C)(C)CNC(=O)COc1ccc(C#N)cc1. The fraction of sp³-hybridized carbons (Fsp3) is 0.500. The first-order valence-electron chi connectivity index (χ1n) is 6.87. The van der Waals surface area contributed by atoms with E-state index < -0.39 is 0 Å². The van der Waals surface area contributed by atoms with Gasteiger partial charge in [-0.05, 0) is 43.8 Å². The lowest BCUT2D eigenvalue weighted by Gasteiger charge is -2.28. The minimum Gasteiger partial charge on any atom is -0.484 e. The molecule has 1 aromatic carbocycles. The summed E-state index contributed by atoms with van der Waals surface area (Å²) >= 11 is 0. The number of rotatable bonds is 7. The number of nitrogens with one attached hydrogen (secondary N) is 1. The van der Waals surface area contributed by atoms with Crippen LogP contribution in [-0.4, -0.2) is 44.6 Å². The van der Waals surface area contributed by atoms with E-state index in [0.717, 1.165) is 6.54 Å². The van der Waals surface area contributed by atoms with Gasteiger partial charge < -0.3 is 15.0 Å².